The molecule has 0 bridgehead atoms. The Labute approximate surface area is 100 Å². The minimum atomic E-state index is -0.520. The molecule has 0 heterocycles. The maximum absolute atomic E-state index is 11.8. The lowest BCUT2D eigenvalue weighted by molar-refractivity contribution is 0.0937. The minimum Gasteiger partial charge on any atom is -0.336 e. The van der Waals surface area contributed by atoms with E-state index in [1.165, 1.54) is 6.07 Å². The van der Waals surface area contributed by atoms with Crippen molar-refractivity contribution in [2.24, 2.45) is 5.92 Å². The topological polar surface area (TPSA) is 76.7 Å². The van der Waals surface area contributed by atoms with Crippen LogP contribution >= 0.6 is 0 Å². The first-order chi connectivity index (χ1) is 8.08. The van der Waals surface area contributed by atoms with Gasteiger partial charge in [0.1, 0.15) is 6.04 Å². The van der Waals surface area contributed by atoms with E-state index in [1.54, 1.807) is 18.2 Å². The van der Waals surface area contributed by atoms with E-state index >= 15 is 0 Å². The van der Waals surface area contributed by atoms with Crippen LogP contribution in [0.25, 0.3) is 0 Å². The highest BCUT2D eigenvalue weighted by Crippen LogP contribution is 2.06. The van der Waals surface area contributed by atoms with Gasteiger partial charge < -0.3 is 5.32 Å². The van der Waals surface area contributed by atoms with Crippen LogP contribution in [0.2, 0.25) is 0 Å². The zero-order valence-corrected chi connectivity index (χ0v) is 9.77. The number of hydrogen-bond acceptors (Lipinski definition) is 3. The van der Waals surface area contributed by atoms with Gasteiger partial charge in [-0.1, -0.05) is 19.9 Å². The van der Waals surface area contributed by atoms with E-state index in [2.05, 4.69) is 5.32 Å². The van der Waals surface area contributed by atoms with Crippen molar-refractivity contribution in [3.63, 3.8) is 0 Å². The Morgan fingerprint density at radius 2 is 2.06 bits per heavy atom. The summed E-state index contributed by atoms with van der Waals surface area (Å²) in [6, 6.07) is 9.87. The standard InChI is InChI=1S/C13H13N3O/c1-9(2)12(8-15)16-13(17)11-5-3-4-10(6-11)7-14/h3-6,9,12H,1-2H3,(H,16,17). The molecule has 0 aliphatic carbocycles. The highest BCUT2D eigenvalue weighted by atomic mass is 16.1. The van der Waals surface area contributed by atoms with Gasteiger partial charge in [0.2, 0.25) is 0 Å². The second kappa shape index (κ2) is 5.67. The molecule has 0 aliphatic heterocycles. The van der Waals surface area contributed by atoms with Crippen LogP contribution in [0.5, 0.6) is 0 Å². The van der Waals surface area contributed by atoms with Gasteiger partial charge in [0.15, 0.2) is 0 Å². The molecule has 0 saturated heterocycles. The van der Waals surface area contributed by atoms with Crippen LogP contribution in [0.1, 0.15) is 29.8 Å². The first-order valence-electron chi connectivity index (χ1n) is 5.29. The maximum atomic E-state index is 11.8. The molecule has 1 N–H and O–H groups in total. The van der Waals surface area contributed by atoms with E-state index in [0.29, 0.717) is 11.1 Å². The normalized spacial score (nSPS) is 11.4. The van der Waals surface area contributed by atoms with Gasteiger partial charge in [0, 0.05) is 5.56 Å². The third-order valence-corrected chi connectivity index (χ3v) is 2.35. The first kappa shape index (κ1) is 12.7. The fourth-order valence-electron chi connectivity index (χ4n) is 1.30. The Kier molecular flexibility index (Phi) is 4.25. The zero-order valence-electron chi connectivity index (χ0n) is 9.77. The molecular weight excluding hydrogens is 214 g/mol. The molecule has 0 aromatic heterocycles. The van der Waals surface area contributed by atoms with Crippen molar-refractivity contribution in [3.05, 3.63) is 35.4 Å². The number of nitrogens with one attached hydrogen (secondary N) is 1. The molecule has 4 heteroatoms. The predicted molar refractivity (Wildman–Crippen MR) is 62.9 cm³/mol. The lowest BCUT2D eigenvalue weighted by Crippen LogP contribution is -2.37. The molecule has 4 nitrogen and oxygen atoms in total. The highest BCUT2D eigenvalue weighted by molar-refractivity contribution is 5.94. The average Bonchev–Trinajstić information content (AvgIpc) is 2.35. The van der Waals surface area contributed by atoms with E-state index in [9.17, 15) is 4.79 Å². The molecule has 0 fully saturated rings. The zero-order chi connectivity index (χ0) is 12.8. The third-order valence-electron chi connectivity index (χ3n) is 2.35. The molecule has 1 amide bonds. The predicted octanol–water partition coefficient (Wildman–Crippen LogP) is 1.84. The van der Waals surface area contributed by atoms with Gasteiger partial charge >= 0.3 is 0 Å². The Morgan fingerprint density at radius 3 is 2.59 bits per heavy atom. The Bertz CT molecular complexity index is 494. The van der Waals surface area contributed by atoms with Gasteiger partial charge in [-0.3, -0.25) is 4.79 Å². The molecule has 0 aliphatic rings. The average molecular weight is 227 g/mol. The fraction of sp³-hybridized carbons (Fsp3) is 0.308. The molecular formula is C13H13N3O. The number of hydrogen-bond donors (Lipinski definition) is 1. The quantitative estimate of drug-likeness (QED) is 0.855. The van der Waals surface area contributed by atoms with Crippen molar-refractivity contribution >= 4 is 5.91 Å². The van der Waals surface area contributed by atoms with Gasteiger partial charge in [0.05, 0.1) is 17.7 Å². The summed E-state index contributed by atoms with van der Waals surface area (Å²) in [5.41, 5.74) is 0.820. The van der Waals surface area contributed by atoms with E-state index in [4.69, 9.17) is 10.5 Å². The molecule has 0 spiro atoms. The first-order valence-corrected chi connectivity index (χ1v) is 5.29. The smallest absolute Gasteiger partial charge is 0.252 e. The Balaban J connectivity index is 2.84. The van der Waals surface area contributed by atoms with Crippen LogP contribution < -0.4 is 5.32 Å². The number of carbonyl (C=O) groups excluding carboxylic acids is 1. The second-order valence-electron chi connectivity index (χ2n) is 4.02. The molecule has 1 rings (SSSR count). The molecule has 1 unspecified atom stereocenters. The number of nitriles is 2. The molecule has 1 atom stereocenters. The molecule has 0 radical (unpaired) electrons. The number of benzene rings is 1. The fourth-order valence-corrected chi connectivity index (χ4v) is 1.30. The van der Waals surface area contributed by atoms with E-state index in [-0.39, 0.29) is 11.8 Å². The molecule has 17 heavy (non-hydrogen) atoms. The minimum absolute atomic E-state index is 0.0445. The maximum Gasteiger partial charge on any atom is 0.252 e. The lowest BCUT2D eigenvalue weighted by Gasteiger charge is -2.14. The van der Waals surface area contributed by atoms with Gasteiger partial charge in [-0.2, -0.15) is 10.5 Å². The van der Waals surface area contributed by atoms with Crippen molar-refractivity contribution in [1.29, 1.82) is 10.5 Å². The van der Waals surface area contributed by atoms with Crippen LogP contribution in [-0.2, 0) is 0 Å². The Morgan fingerprint density at radius 1 is 1.35 bits per heavy atom. The molecule has 1 aromatic rings. The summed E-state index contributed by atoms with van der Waals surface area (Å²) in [4.78, 5) is 11.8. The number of rotatable bonds is 3. The van der Waals surface area contributed by atoms with Gasteiger partial charge in [0.25, 0.3) is 5.91 Å². The summed E-state index contributed by atoms with van der Waals surface area (Å²) in [5.74, 6) is -0.287. The summed E-state index contributed by atoms with van der Waals surface area (Å²) in [5, 5.41) is 20.2. The summed E-state index contributed by atoms with van der Waals surface area (Å²) >= 11 is 0. The second-order valence-corrected chi connectivity index (χ2v) is 4.02. The Hall–Kier alpha value is -2.33. The third kappa shape index (κ3) is 3.32. The largest absolute Gasteiger partial charge is 0.336 e. The van der Waals surface area contributed by atoms with Crippen molar-refractivity contribution in [2.45, 2.75) is 19.9 Å². The van der Waals surface area contributed by atoms with Crippen LogP contribution in [0.15, 0.2) is 24.3 Å². The molecule has 0 saturated carbocycles. The van der Waals surface area contributed by atoms with E-state index in [1.807, 2.05) is 26.0 Å². The van der Waals surface area contributed by atoms with E-state index in [0.717, 1.165) is 0 Å². The van der Waals surface area contributed by atoms with Crippen molar-refractivity contribution < 1.29 is 4.79 Å². The summed E-state index contributed by atoms with van der Waals surface area (Å²) in [7, 11) is 0. The van der Waals surface area contributed by atoms with Crippen molar-refractivity contribution in [3.8, 4) is 12.1 Å². The van der Waals surface area contributed by atoms with Crippen LogP contribution in [0.3, 0.4) is 0 Å². The summed E-state index contributed by atoms with van der Waals surface area (Å²) < 4.78 is 0. The summed E-state index contributed by atoms with van der Waals surface area (Å²) in [6.45, 7) is 3.72. The molecule has 86 valence electrons. The van der Waals surface area contributed by atoms with Crippen LogP contribution in [0, 0.1) is 28.6 Å². The van der Waals surface area contributed by atoms with Gasteiger partial charge in [-0.25, -0.2) is 0 Å². The number of nitrogens with zero attached hydrogens (tertiary/aromatic N) is 2. The van der Waals surface area contributed by atoms with Crippen LogP contribution in [0.4, 0.5) is 0 Å². The van der Waals surface area contributed by atoms with Gasteiger partial charge in [-0.05, 0) is 24.1 Å². The van der Waals surface area contributed by atoms with Crippen molar-refractivity contribution in [1.82, 2.24) is 5.32 Å². The molecule has 1 aromatic carbocycles. The lowest BCUT2D eigenvalue weighted by atomic mass is 10.0. The number of amides is 1. The summed E-state index contributed by atoms with van der Waals surface area (Å²) in [6.07, 6.45) is 0. The van der Waals surface area contributed by atoms with Gasteiger partial charge in [-0.15, -0.1) is 0 Å². The number of carbonyl (C=O) groups is 1. The highest BCUT2D eigenvalue weighted by Gasteiger charge is 2.16. The van der Waals surface area contributed by atoms with E-state index < -0.39 is 6.04 Å². The van der Waals surface area contributed by atoms with Crippen molar-refractivity contribution in [2.75, 3.05) is 0 Å². The monoisotopic (exact) mass is 227 g/mol. The van der Waals surface area contributed by atoms with Crippen LogP contribution in [-0.4, -0.2) is 11.9 Å². The SMILES string of the molecule is CC(C)C(C#N)NC(=O)c1cccc(C#N)c1.